The highest BCUT2D eigenvalue weighted by Gasteiger charge is 2.30. The number of piperidine rings is 1. The van der Waals surface area contributed by atoms with Crippen molar-refractivity contribution in [3.8, 4) is 0 Å². The second kappa shape index (κ2) is 8.12. The monoisotopic (exact) mass is 419 g/mol. The third-order valence-electron chi connectivity index (χ3n) is 5.33. The highest BCUT2D eigenvalue weighted by molar-refractivity contribution is 7.18. The summed E-state index contributed by atoms with van der Waals surface area (Å²) in [5, 5.41) is 3.43. The van der Waals surface area contributed by atoms with E-state index in [0.717, 1.165) is 46.7 Å². The Morgan fingerprint density at radius 3 is 2.79 bits per heavy atom. The zero-order valence-corrected chi connectivity index (χ0v) is 16.6. The maximum Gasteiger partial charge on any atom is 0.241 e. The number of hydrogen-bond donors (Lipinski definition) is 1. The van der Waals surface area contributed by atoms with E-state index >= 15 is 0 Å². The topological polar surface area (TPSA) is 45.2 Å². The molecule has 1 aromatic heterocycles. The summed E-state index contributed by atoms with van der Waals surface area (Å²) in [6.45, 7) is 3.12. The summed E-state index contributed by atoms with van der Waals surface area (Å²) in [4.78, 5) is 19.4. The van der Waals surface area contributed by atoms with Crippen molar-refractivity contribution in [2.75, 3.05) is 18.4 Å². The molecule has 4 nitrogen and oxygen atoms in total. The Bertz CT molecular complexity index is 1020. The summed E-state index contributed by atoms with van der Waals surface area (Å²) in [5.74, 6) is -4.51. The molecule has 1 aliphatic rings. The average molecular weight is 419 g/mol. The number of carbonyl (C=O) groups is 1. The number of carbonyl (C=O) groups excluding carboxylic acids is 1. The van der Waals surface area contributed by atoms with Crippen LogP contribution in [0.1, 0.15) is 30.7 Å². The van der Waals surface area contributed by atoms with E-state index in [1.165, 1.54) is 0 Å². The van der Waals surface area contributed by atoms with Gasteiger partial charge in [0, 0.05) is 12.5 Å². The van der Waals surface area contributed by atoms with Gasteiger partial charge in [-0.1, -0.05) is 12.1 Å². The normalized spacial score (nSPS) is 18.7. The van der Waals surface area contributed by atoms with Gasteiger partial charge in [0.25, 0.3) is 0 Å². The molecule has 0 saturated carbocycles. The number of anilines is 1. The lowest BCUT2D eigenvalue weighted by Gasteiger charge is -2.35. The minimum absolute atomic E-state index is 0.219. The molecule has 2 heterocycles. The van der Waals surface area contributed by atoms with Crippen LogP contribution < -0.4 is 5.32 Å². The molecule has 0 radical (unpaired) electrons. The summed E-state index contributed by atoms with van der Waals surface area (Å²) >= 11 is 1.67. The fraction of sp³-hybridized carbons (Fsp3) is 0.333. The van der Waals surface area contributed by atoms with Crippen molar-refractivity contribution < 1.29 is 18.0 Å². The van der Waals surface area contributed by atoms with Crippen LogP contribution in [0.2, 0.25) is 0 Å². The molecule has 0 aliphatic carbocycles. The maximum absolute atomic E-state index is 13.9. The van der Waals surface area contributed by atoms with Crippen LogP contribution in [0.3, 0.4) is 0 Å². The van der Waals surface area contributed by atoms with Gasteiger partial charge in [-0.3, -0.25) is 9.69 Å². The van der Waals surface area contributed by atoms with Crippen LogP contribution >= 0.6 is 11.3 Å². The van der Waals surface area contributed by atoms with Crippen LogP contribution in [0.5, 0.6) is 0 Å². The van der Waals surface area contributed by atoms with Crippen molar-refractivity contribution in [3.05, 3.63) is 58.9 Å². The zero-order valence-electron chi connectivity index (χ0n) is 15.8. The molecule has 152 valence electrons. The number of rotatable bonds is 4. The standard InChI is InChI=1S/C21H20F3N3OS/c1-12(20(28)25-16-9-8-14(22)18(23)19(16)24)27-10-4-5-13(11-27)21-26-15-6-2-3-7-17(15)29-21/h2-3,6-9,12-13H,4-5,10-11H2,1H3,(H,25,28)/t12-,13-/m0/s1. The van der Waals surface area contributed by atoms with E-state index in [2.05, 4.69) is 5.32 Å². The van der Waals surface area contributed by atoms with E-state index in [-0.39, 0.29) is 11.6 Å². The molecule has 2 aromatic carbocycles. The summed E-state index contributed by atoms with van der Waals surface area (Å²) < 4.78 is 41.5. The molecule has 0 bridgehead atoms. The summed E-state index contributed by atoms with van der Waals surface area (Å²) in [5.41, 5.74) is 0.615. The number of benzene rings is 2. The lowest BCUT2D eigenvalue weighted by molar-refractivity contribution is -0.121. The number of fused-ring (bicyclic) bond motifs is 1. The smallest absolute Gasteiger partial charge is 0.241 e. The molecule has 0 unspecified atom stereocenters. The summed E-state index contributed by atoms with van der Waals surface area (Å²) in [7, 11) is 0. The molecule has 1 fully saturated rings. The minimum Gasteiger partial charge on any atom is -0.322 e. The number of aromatic nitrogens is 1. The molecular formula is C21H20F3N3OS. The van der Waals surface area contributed by atoms with E-state index < -0.39 is 29.4 Å². The highest BCUT2D eigenvalue weighted by atomic mass is 32.1. The van der Waals surface area contributed by atoms with Crippen molar-refractivity contribution in [3.63, 3.8) is 0 Å². The van der Waals surface area contributed by atoms with Gasteiger partial charge in [-0.15, -0.1) is 11.3 Å². The average Bonchev–Trinajstić information content (AvgIpc) is 3.18. The van der Waals surface area contributed by atoms with E-state index in [1.807, 2.05) is 29.2 Å². The van der Waals surface area contributed by atoms with Crippen LogP contribution in [0.25, 0.3) is 10.2 Å². The van der Waals surface area contributed by atoms with Crippen LogP contribution in [-0.2, 0) is 4.79 Å². The van der Waals surface area contributed by atoms with Gasteiger partial charge in [0.1, 0.15) is 0 Å². The quantitative estimate of drug-likeness (QED) is 0.611. The third kappa shape index (κ3) is 4.00. The molecule has 2 atom stereocenters. The number of hydrogen-bond acceptors (Lipinski definition) is 4. The minimum atomic E-state index is -1.59. The van der Waals surface area contributed by atoms with Crippen LogP contribution in [0, 0.1) is 17.5 Å². The number of halogens is 3. The lowest BCUT2D eigenvalue weighted by atomic mass is 9.97. The van der Waals surface area contributed by atoms with Crippen molar-refractivity contribution in [2.24, 2.45) is 0 Å². The first-order chi connectivity index (χ1) is 13.9. The van der Waals surface area contributed by atoms with E-state index in [1.54, 1.807) is 18.3 Å². The fourth-order valence-electron chi connectivity index (χ4n) is 3.65. The van der Waals surface area contributed by atoms with Crippen LogP contribution in [0.15, 0.2) is 36.4 Å². The number of amides is 1. The predicted octanol–water partition coefficient (Wildman–Crippen LogP) is 4.92. The number of thiazole rings is 1. The van der Waals surface area contributed by atoms with Gasteiger partial charge in [0.05, 0.1) is 27.0 Å². The Morgan fingerprint density at radius 2 is 2.00 bits per heavy atom. The van der Waals surface area contributed by atoms with Gasteiger partial charge in [0.15, 0.2) is 17.5 Å². The lowest BCUT2D eigenvalue weighted by Crippen LogP contribution is -2.46. The van der Waals surface area contributed by atoms with E-state index in [4.69, 9.17) is 4.98 Å². The number of nitrogens with zero attached hydrogens (tertiary/aromatic N) is 2. The summed E-state index contributed by atoms with van der Waals surface area (Å²) in [6.07, 6.45) is 1.90. The van der Waals surface area contributed by atoms with Gasteiger partial charge < -0.3 is 5.32 Å². The van der Waals surface area contributed by atoms with Crippen molar-refractivity contribution >= 4 is 33.1 Å². The van der Waals surface area contributed by atoms with Crippen molar-refractivity contribution in [1.82, 2.24) is 9.88 Å². The number of likely N-dealkylation sites (tertiary alicyclic amines) is 1. The molecule has 1 amide bonds. The molecule has 4 rings (SSSR count). The molecule has 8 heteroatoms. The molecule has 29 heavy (non-hydrogen) atoms. The number of para-hydroxylation sites is 1. The Labute approximate surface area is 170 Å². The second-order valence-corrected chi connectivity index (χ2v) is 8.30. The maximum atomic E-state index is 13.9. The Kier molecular flexibility index (Phi) is 5.56. The summed E-state index contributed by atoms with van der Waals surface area (Å²) in [6, 6.07) is 9.26. The first-order valence-corrected chi connectivity index (χ1v) is 10.3. The fourth-order valence-corrected chi connectivity index (χ4v) is 4.74. The van der Waals surface area contributed by atoms with Gasteiger partial charge in [-0.05, 0) is 50.6 Å². The first kappa shape index (κ1) is 19.8. The number of nitrogens with one attached hydrogen (secondary N) is 1. The molecule has 1 saturated heterocycles. The molecule has 0 spiro atoms. The SMILES string of the molecule is C[C@@H](C(=O)Nc1ccc(F)c(F)c1F)N1CCC[C@H](c2nc3ccccc3s2)C1. The van der Waals surface area contributed by atoms with Crippen LogP contribution in [-0.4, -0.2) is 34.9 Å². The molecule has 1 aliphatic heterocycles. The Balaban J connectivity index is 1.46. The predicted molar refractivity (Wildman–Crippen MR) is 108 cm³/mol. The largest absolute Gasteiger partial charge is 0.322 e. The van der Waals surface area contributed by atoms with E-state index in [9.17, 15) is 18.0 Å². The van der Waals surface area contributed by atoms with E-state index in [0.29, 0.717) is 6.54 Å². The van der Waals surface area contributed by atoms with Gasteiger partial charge in [-0.25, -0.2) is 18.2 Å². The van der Waals surface area contributed by atoms with Gasteiger partial charge in [-0.2, -0.15) is 0 Å². The first-order valence-electron chi connectivity index (χ1n) is 9.48. The Morgan fingerprint density at radius 1 is 1.21 bits per heavy atom. The van der Waals surface area contributed by atoms with Crippen molar-refractivity contribution in [2.45, 2.75) is 31.7 Å². The molecule has 1 N–H and O–H groups in total. The molecular weight excluding hydrogens is 399 g/mol. The van der Waals surface area contributed by atoms with Gasteiger partial charge in [0.2, 0.25) is 5.91 Å². The third-order valence-corrected chi connectivity index (χ3v) is 6.53. The van der Waals surface area contributed by atoms with Gasteiger partial charge >= 0.3 is 0 Å². The Hall–Kier alpha value is -2.45. The zero-order chi connectivity index (χ0) is 20.5. The van der Waals surface area contributed by atoms with Crippen molar-refractivity contribution in [1.29, 1.82) is 0 Å². The highest BCUT2D eigenvalue weighted by Crippen LogP contribution is 2.33. The van der Waals surface area contributed by atoms with Crippen LogP contribution in [0.4, 0.5) is 18.9 Å². The second-order valence-electron chi connectivity index (χ2n) is 7.24. The molecule has 3 aromatic rings.